The molecule has 5 rings (SSSR count). The summed E-state index contributed by atoms with van der Waals surface area (Å²) >= 11 is 0. The molecule has 2 fully saturated rings. The summed E-state index contributed by atoms with van der Waals surface area (Å²) in [6.45, 7) is 4.49. The number of esters is 1. The second-order valence-electron chi connectivity index (χ2n) is 13.2. The number of anilines is 2. The molecule has 0 amide bonds. The third kappa shape index (κ3) is 11.2. The van der Waals surface area contributed by atoms with Gasteiger partial charge in [-0.3, -0.25) is 27.5 Å². The van der Waals surface area contributed by atoms with E-state index in [1.807, 2.05) is 20.8 Å². The highest BCUT2D eigenvalue weighted by molar-refractivity contribution is 8.77. The van der Waals surface area contributed by atoms with Gasteiger partial charge in [-0.15, -0.1) is 0 Å². The fraction of sp³-hybridized carbons (Fsp3) is 0.643. The summed E-state index contributed by atoms with van der Waals surface area (Å²) in [6, 6.07) is 0.486. The van der Waals surface area contributed by atoms with Crippen molar-refractivity contribution in [2.24, 2.45) is 0 Å². The Bertz CT molecular complexity index is 1970. The van der Waals surface area contributed by atoms with Gasteiger partial charge in [0.1, 0.15) is 54.3 Å². The molecule has 23 nitrogen and oxygen atoms in total. The fourth-order valence-electron chi connectivity index (χ4n) is 5.53. The predicted octanol–water partition coefficient (Wildman–Crippen LogP) is 0.544. The van der Waals surface area contributed by atoms with E-state index in [9.17, 15) is 38.5 Å². The third-order valence-corrected chi connectivity index (χ3v) is 12.9. The van der Waals surface area contributed by atoms with Crippen LogP contribution in [0.1, 0.15) is 39.6 Å². The number of carbonyl (C=O) groups is 1. The number of phosphoric acid groups is 2. The van der Waals surface area contributed by atoms with Gasteiger partial charge in [0.15, 0.2) is 23.8 Å². The molecule has 1 unspecified atom stereocenters. The number of rotatable bonds is 17. The second-order valence-corrected chi connectivity index (χ2v) is 19.0. The molecule has 3 aromatic heterocycles. The van der Waals surface area contributed by atoms with Crippen LogP contribution in [0, 0.1) is 0 Å². The Kier molecular flexibility index (Phi) is 14.1. The van der Waals surface area contributed by atoms with Crippen LogP contribution in [0.2, 0.25) is 0 Å². The Morgan fingerprint density at radius 1 is 1.11 bits per heavy atom. The van der Waals surface area contributed by atoms with Gasteiger partial charge in [-0.2, -0.15) is 4.98 Å². The number of phosphoric ester groups is 2. The monoisotopic (exact) mass is 855 g/mol. The van der Waals surface area contributed by atoms with Gasteiger partial charge < -0.3 is 50.4 Å². The van der Waals surface area contributed by atoms with Gasteiger partial charge in [-0.05, 0) is 13.1 Å². The molecule has 0 aromatic carbocycles. The van der Waals surface area contributed by atoms with Gasteiger partial charge in [-0.1, -0.05) is 42.4 Å². The van der Waals surface area contributed by atoms with Crippen molar-refractivity contribution in [1.29, 1.82) is 0 Å². The molecule has 0 aliphatic carbocycles. The third-order valence-electron chi connectivity index (χ3n) is 8.03. The van der Waals surface area contributed by atoms with Crippen molar-refractivity contribution in [2.45, 2.75) is 81.0 Å². The van der Waals surface area contributed by atoms with Crippen molar-refractivity contribution in [3.8, 4) is 0 Å². The molecule has 2 aliphatic rings. The van der Waals surface area contributed by atoms with E-state index >= 15 is 0 Å². The zero-order valence-electron chi connectivity index (χ0n) is 30.1. The van der Waals surface area contributed by atoms with Gasteiger partial charge in [0.2, 0.25) is 0 Å². The SMILES string of the molecule is CNc1ncnc2c1ncn2[C@@H]1O[C@H](COP(=O)(O)O[C@H]2C[C@H](n3ccc(N)nc3=O)O[C@@H]2COP(=O)(O)O)[C@@H](OC(=O)[C@H](CSSC(C)(C)C)NC)[C@H]1O. The number of hydrogen-bond donors (Lipinski definition) is 7. The van der Waals surface area contributed by atoms with Crippen LogP contribution in [0.25, 0.3) is 11.2 Å². The highest BCUT2D eigenvalue weighted by Gasteiger charge is 2.50. The molecule has 55 heavy (non-hydrogen) atoms. The summed E-state index contributed by atoms with van der Waals surface area (Å²) < 4.78 is 60.1. The molecule has 5 heterocycles. The second kappa shape index (κ2) is 17.8. The largest absolute Gasteiger partial charge is 0.472 e. The molecular weight excluding hydrogens is 812 g/mol. The number of fused-ring (bicyclic) bond motifs is 1. The molecule has 306 valence electrons. The summed E-state index contributed by atoms with van der Waals surface area (Å²) in [7, 11) is -3.93. The summed E-state index contributed by atoms with van der Waals surface area (Å²) in [4.78, 5) is 71.6. The first-order valence-electron chi connectivity index (χ1n) is 16.5. The molecule has 2 saturated heterocycles. The average molecular weight is 856 g/mol. The zero-order chi connectivity index (χ0) is 40.3. The molecule has 27 heteroatoms. The maximum atomic E-state index is 13.4. The lowest BCUT2D eigenvalue weighted by atomic mass is 10.1. The van der Waals surface area contributed by atoms with Crippen molar-refractivity contribution in [1.82, 2.24) is 34.4 Å². The first-order chi connectivity index (χ1) is 25.8. The van der Waals surface area contributed by atoms with E-state index in [1.165, 1.54) is 40.3 Å². The number of aromatic nitrogens is 6. The summed E-state index contributed by atoms with van der Waals surface area (Å²) in [6.07, 6.45) is -6.09. The average Bonchev–Trinajstić information content (AvgIpc) is 3.79. The quantitative estimate of drug-likeness (QED) is 0.0554. The van der Waals surface area contributed by atoms with E-state index in [4.69, 9.17) is 29.0 Å². The normalized spacial score (nSPS) is 26.2. The Hall–Kier alpha value is -2.74. The summed E-state index contributed by atoms with van der Waals surface area (Å²) in [5.74, 6) is -0.128. The molecule has 9 atom stereocenters. The number of aliphatic hydroxyl groups excluding tert-OH is 1. The number of nitrogens with zero attached hydrogens (tertiary/aromatic N) is 6. The van der Waals surface area contributed by atoms with Gasteiger partial charge in [0, 0.05) is 30.2 Å². The van der Waals surface area contributed by atoms with Crippen molar-refractivity contribution >= 4 is 66.0 Å². The maximum Gasteiger partial charge on any atom is 0.472 e. The van der Waals surface area contributed by atoms with Crippen LogP contribution in [0.5, 0.6) is 0 Å². The first-order valence-corrected chi connectivity index (χ1v) is 21.9. The number of carbonyl (C=O) groups excluding carboxylic acids is 1. The maximum absolute atomic E-state index is 13.4. The fourth-order valence-corrected chi connectivity index (χ4v) is 9.37. The topological polar surface area (TPSA) is 316 Å². The van der Waals surface area contributed by atoms with Crippen molar-refractivity contribution < 1.29 is 61.5 Å². The van der Waals surface area contributed by atoms with Crippen molar-refractivity contribution in [3.63, 3.8) is 0 Å². The van der Waals surface area contributed by atoms with Gasteiger partial charge >= 0.3 is 27.3 Å². The molecule has 0 bridgehead atoms. The number of imidazole rings is 1. The standard InChI is InChI=1S/C28H43N9O14P2S2/c1-28(2,3)55-54-11-14(30-4)26(39)50-22-17(49-25(21(22)38)37-13-34-20-23(31-5)32-12-33-24(20)37)10-47-53(44,45)51-15-8-19(36-7-6-18(29)35-27(36)40)48-16(15)9-46-52(41,42)43/h6-7,12-17,19,21-22,25,30,38H,8-11H2,1-5H3,(H,44,45)(H2,29,35,40)(H,31,32,33)(H2,41,42,43)/t14-,15-,16+,17+,19+,21+,22+,25+/m0/s1. The minimum absolute atomic E-state index is 0.0794. The molecule has 0 spiro atoms. The first kappa shape index (κ1) is 43.4. The molecule has 3 aromatic rings. The number of aliphatic hydroxyl groups is 1. The zero-order valence-corrected chi connectivity index (χ0v) is 33.5. The van der Waals surface area contributed by atoms with Crippen molar-refractivity contribution in [3.05, 3.63) is 35.4 Å². The highest BCUT2D eigenvalue weighted by Crippen LogP contribution is 2.50. The number of nitrogens with two attached hydrogens (primary N) is 1. The highest BCUT2D eigenvalue weighted by atomic mass is 33.1. The van der Waals surface area contributed by atoms with Crippen LogP contribution >= 0.6 is 37.2 Å². The molecule has 0 radical (unpaired) electrons. The van der Waals surface area contributed by atoms with Crippen LogP contribution in [0.3, 0.4) is 0 Å². The van der Waals surface area contributed by atoms with E-state index in [0.717, 1.165) is 4.57 Å². The number of nitrogen functional groups attached to an aromatic ring is 1. The minimum atomic E-state index is -5.12. The Morgan fingerprint density at radius 2 is 1.84 bits per heavy atom. The smallest absolute Gasteiger partial charge is 0.455 e. The van der Waals surface area contributed by atoms with E-state index in [0.29, 0.717) is 17.1 Å². The van der Waals surface area contributed by atoms with E-state index in [1.54, 1.807) is 24.9 Å². The van der Waals surface area contributed by atoms with Crippen LogP contribution in [-0.2, 0) is 41.7 Å². The van der Waals surface area contributed by atoms with Gasteiger partial charge in [0.25, 0.3) is 0 Å². The number of hydrogen-bond acceptors (Lipinski definition) is 20. The van der Waals surface area contributed by atoms with Gasteiger partial charge in [-0.25, -0.2) is 28.9 Å². The molecular formula is C28H43N9O14P2S2. The lowest BCUT2D eigenvalue weighted by molar-refractivity contribution is -0.158. The van der Waals surface area contributed by atoms with E-state index < -0.39 is 89.5 Å². The summed E-state index contributed by atoms with van der Waals surface area (Å²) in [5.41, 5.74) is 5.33. The van der Waals surface area contributed by atoms with Crippen LogP contribution in [0.15, 0.2) is 29.7 Å². The lowest BCUT2D eigenvalue weighted by Crippen LogP contribution is -2.45. The predicted molar refractivity (Wildman–Crippen MR) is 197 cm³/mol. The van der Waals surface area contributed by atoms with Crippen molar-refractivity contribution in [2.75, 3.05) is 44.1 Å². The number of ether oxygens (including phenoxy) is 3. The van der Waals surface area contributed by atoms with Crippen LogP contribution in [-0.4, -0.2) is 129 Å². The Balaban J connectivity index is 1.35. The van der Waals surface area contributed by atoms with Crippen LogP contribution < -0.4 is 22.1 Å². The van der Waals surface area contributed by atoms with E-state index in [2.05, 4.69) is 35.1 Å². The number of likely N-dealkylation sites (N-methyl/N-ethyl adjacent to an activating group) is 1. The minimum Gasteiger partial charge on any atom is -0.455 e. The molecule has 8 N–H and O–H groups in total. The Labute approximate surface area is 321 Å². The Morgan fingerprint density at radius 3 is 2.49 bits per heavy atom. The number of nitrogens with one attached hydrogen (secondary N) is 2. The van der Waals surface area contributed by atoms with E-state index in [-0.39, 0.29) is 22.6 Å². The summed E-state index contributed by atoms with van der Waals surface area (Å²) in [5, 5.41) is 17.4. The lowest BCUT2D eigenvalue weighted by Gasteiger charge is -2.25. The molecule has 0 saturated carbocycles. The van der Waals surface area contributed by atoms with Gasteiger partial charge in [0.05, 0.1) is 19.5 Å². The van der Waals surface area contributed by atoms with Crippen LogP contribution in [0.4, 0.5) is 11.6 Å². The molecule has 2 aliphatic heterocycles.